The third-order valence-corrected chi connectivity index (χ3v) is 3.72. The molecule has 0 aliphatic rings. The van der Waals surface area contributed by atoms with E-state index in [-0.39, 0.29) is 6.04 Å². The highest BCUT2D eigenvalue weighted by Crippen LogP contribution is 2.18. The molecule has 5 heteroatoms. The largest absolute Gasteiger partial charge is 0.333 e. The van der Waals surface area contributed by atoms with E-state index in [4.69, 9.17) is 5.73 Å². The number of hydrogen-bond acceptors (Lipinski definition) is 3. The molecule has 0 spiro atoms. The molecule has 0 radical (unpaired) electrons. The van der Waals surface area contributed by atoms with Gasteiger partial charge in [0.1, 0.15) is 0 Å². The summed E-state index contributed by atoms with van der Waals surface area (Å²) in [6, 6.07) is 2.18. The minimum absolute atomic E-state index is 0.0705. The second kappa shape index (κ2) is 6.89. The molecule has 116 valence electrons. The van der Waals surface area contributed by atoms with Crippen molar-refractivity contribution < 1.29 is 0 Å². The first kappa shape index (κ1) is 15.8. The fourth-order valence-corrected chi connectivity index (χ4v) is 2.75. The van der Waals surface area contributed by atoms with E-state index in [9.17, 15) is 0 Å². The zero-order valence-electron chi connectivity index (χ0n) is 13.6. The van der Waals surface area contributed by atoms with Crippen molar-refractivity contribution in [3.05, 3.63) is 35.7 Å². The summed E-state index contributed by atoms with van der Waals surface area (Å²) in [6.07, 6.45) is 5.80. The summed E-state index contributed by atoms with van der Waals surface area (Å²) in [5.41, 5.74) is 9.71. The van der Waals surface area contributed by atoms with Crippen LogP contribution in [0, 0.1) is 19.8 Å². The van der Waals surface area contributed by atoms with Gasteiger partial charge >= 0.3 is 0 Å². The first-order valence-corrected chi connectivity index (χ1v) is 7.74. The average Bonchev–Trinajstić information content (AvgIpc) is 2.96. The van der Waals surface area contributed by atoms with Gasteiger partial charge in [-0.3, -0.25) is 4.68 Å². The molecule has 0 aromatic carbocycles. The van der Waals surface area contributed by atoms with E-state index in [2.05, 4.69) is 46.2 Å². The van der Waals surface area contributed by atoms with E-state index < -0.39 is 0 Å². The highest BCUT2D eigenvalue weighted by Gasteiger charge is 2.13. The van der Waals surface area contributed by atoms with E-state index in [1.54, 1.807) is 0 Å². The number of rotatable bonds is 7. The lowest BCUT2D eigenvalue weighted by atomic mass is 10.0. The van der Waals surface area contributed by atoms with Crippen molar-refractivity contribution in [2.45, 2.75) is 59.7 Å². The molecular formula is C16H27N5. The monoisotopic (exact) mass is 289 g/mol. The van der Waals surface area contributed by atoms with Crippen LogP contribution in [0.4, 0.5) is 0 Å². The van der Waals surface area contributed by atoms with E-state index in [0.29, 0.717) is 5.92 Å². The molecule has 2 rings (SSSR count). The van der Waals surface area contributed by atoms with Gasteiger partial charge in [0, 0.05) is 31.0 Å². The van der Waals surface area contributed by atoms with Crippen LogP contribution in [0.5, 0.6) is 0 Å². The first-order chi connectivity index (χ1) is 9.97. The van der Waals surface area contributed by atoms with Crippen molar-refractivity contribution in [3.63, 3.8) is 0 Å². The van der Waals surface area contributed by atoms with Crippen LogP contribution in [0.2, 0.25) is 0 Å². The fraction of sp³-hybridized carbons (Fsp3) is 0.625. The predicted octanol–water partition coefficient (Wildman–Crippen LogP) is 2.83. The third-order valence-electron chi connectivity index (χ3n) is 3.72. The lowest BCUT2D eigenvalue weighted by Gasteiger charge is -2.16. The van der Waals surface area contributed by atoms with E-state index in [0.717, 1.165) is 37.3 Å². The van der Waals surface area contributed by atoms with Crippen molar-refractivity contribution in [3.8, 4) is 0 Å². The van der Waals surface area contributed by atoms with Crippen LogP contribution < -0.4 is 5.73 Å². The van der Waals surface area contributed by atoms with E-state index in [1.807, 2.05) is 19.4 Å². The summed E-state index contributed by atoms with van der Waals surface area (Å²) in [7, 11) is 0. The smallest absolute Gasteiger partial charge is 0.0948 e. The van der Waals surface area contributed by atoms with Crippen LogP contribution in [0.3, 0.4) is 0 Å². The van der Waals surface area contributed by atoms with Crippen molar-refractivity contribution in [1.29, 1.82) is 0 Å². The van der Waals surface area contributed by atoms with Crippen LogP contribution in [0.15, 0.2) is 18.6 Å². The van der Waals surface area contributed by atoms with Gasteiger partial charge in [-0.25, -0.2) is 4.98 Å². The van der Waals surface area contributed by atoms with Crippen molar-refractivity contribution in [1.82, 2.24) is 19.3 Å². The maximum Gasteiger partial charge on any atom is 0.0948 e. The van der Waals surface area contributed by atoms with E-state index in [1.165, 1.54) is 5.69 Å². The summed E-state index contributed by atoms with van der Waals surface area (Å²) in [4.78, 5) is 4.26. The normalized spacial score (nSPS) is 13.0. The Bertz CT molecular complexity index is 567. The number of imidazole rings is 1. The lowest BCUT2D eigenvalue weighted by molar-refractivity contribution is 0.465. The molecule has 21 heavy (non-hydrogen) atoms. The van der Waals surface area contributed by atoms with E-state index >= 15 is 0 Å². The number of aryl methyl sites for hydroxylation is 4. The topological polar surface area (TPSA) is 61.7 Å². The van der Waals surface area contributed by atoms with Gasteiger partial charge in [-0.1, -0.05) is 13.8 Å². The number of hydrogen-bond donors (Lipinski definition) is 1. The molecule has 1 atom stereocenters. The molecule has 0 fully saturated rings. The Morgan fingerprint density at radius 3 is 2.62 bits per heavy atom. The molecular weight excluding hydrogens is 262 g/mol. The molecule has 2 heterocycles. The lowest BCUT2D eigenvalue weighted by Crippen LogP contribution is -2.18. The van der Waals surface area contributed by atoms with Gasteiger partial charge in [0.2, 0.25) is 0 Å². The summed E-state index contributed by atoms with van der Waals surface area (Å²) in [5.74, 6) is 0.595. The SMILES string of the molecule is Cc1cc(C)n(CCCn2cncc2C(N)CC(C)C)n1. The Labute approximate surface area is 127 Å². The molecule has 0 saturated heterocycles. The van der Waals surface area contributed by atoms with Gasteiger partial charge in [-0.05, 0) is 38.7 Å². The van der Waals surface area contributed by atoms with Crippen LogP contribution in [0.25, 0.3) is 0 Å². The quantitative estimate of drug-likeness (QED) is 0.852. The highest BCUT2D eigenvalue weighted by molar-refractivity contribution is 5.07. The summed E-state index contributed by atoms with van der Waals surface area (Å²) >= 11 is 0. The van der Waals surface area contributed by atoms with Crippen molar-refractivity contribution in [2.75, 3.05) is 0 Å². The first-order valence-electron chi connectivity index (χ1n) is 7.74. The Morgan fingerprint density at radius 2 is 2.00 bits per heavy atom. The zero-order valence-corrected chi connectivity index (χ0v) is 13.6. The molecule has 0 bridgehead atoms. The second-order valence-corrected chi connectivity index (χ2v) is 6.25. The van der Waals surface area contributed by atoms with Gasteiger partial charge in [-0.15, -0.1) is 0 Å². The molecule has 0 aliphatic carbocycles. The number of nitrogens with zero attached hydrogens (tertiary/aromatic N) is 4. The minimum Gasteiger partial charge on any atom is -0.333 e. The van der Waals surface area contributed by atoms with Crippen LogP contribution in [-0.2, 0) is 13.1 Å². The van der Waals surface area contributed by atoms with Gasteiger partial charge in [0.05, 0.1) is 17.7 Å². The Kier molecular flexibility index (Phi) is 5.17. The van der Waals surface area contributed by atoms with Gasteiger partial charge in [0.15, 0.2) is 0 Å². The molecule has 0 aliphatic heterocycles. The van der Waals surface area contributed by atoms with Crippen LogP contribution in [0.1, 0.15) is 49.8 Å². The van der Waals surface area contributed by atoms with Crippen LogP contribution >= 0.6 is 0 Å². The molecule has 0 amide bonds. The van der Waals surface area contributed by atoms with Crippen LogP contribution in [-0.4, -0.2) is 19.3 Å². The second-order valence-electron chi connectivity index (χ2n) is 6.25. The molecule has 0 saturated carbocycles. The van der Waals surface area contributed by atoms with Crippen molar-refractivity contribution >= 4 is 0 Å². The maximum absolute atomic E-state index is 6.27. The minimum atomic E-state index is 0.0705. The van der Waals surface area contributed by atoms with Crippen molar-refractivity contribution in [2.24, 2.45) is 11.7 Å². The molecule has 2 aromatic heterocycles. The van der Waals surface area contributed by atoms with Gasteiger partial charge in [0.25, 0.3) is 0 Å². The third kappa shape index (κ3) is 4.17. The maximum atomic E-state index is 6.27. The Morgan fingerprint density at radius 1 is 1.24 bits per heavy atom. The average molecular weight is 289 g/mol. The predicted molar refractivity (Wildman–Crippen MR) is 84.9 cm³/mol. The van der Waals surface area contributed by atoms with Gasteiger partial charge < -0.3 is 10.3 Å². The Hall–Kier alpha value is -1.62. The molecule has 5 nitrogen and oxygen atoms in total. The number of nitrogens with two attached hydrogens (primary N) is 1. The Balaban J connectivity index is 1.92. The summed E-state index contributed by atoms with van der Waals surface area (Å²) in [5, 5.41) is 4.49. The highest BCUT2D eigenvalue weighted by atomic mass is 15.3. The summed E-state index contributed by atoms with van der Waals surface area (Å²) < 4.78 is 4.25. The fourth-order valence-electron chi connectivity index (χ4n) is 2.75. The van der Waals surface area contributed by atoms with Gasteiger partial charge in [-0.2, -0.15) is 5.10 Å². The summed E-state index contributed by atoms with van der Waals surface area (Å²) in [6.45, 7) is 10.4. The molecule has 2 N–H and O–H groups in total. The zero-order chi connectivity index (χ0) is 15.4. The number of aromatic nitrogens is 4. The standard InChI is InChI=1S/C16H27N5/c1-12(2)8-15(17)16-10-18-11-20(16)6-5-7-21-14(4)9-13(3)19-21/h9-12,15H,5-8,17H2,1-4H3. The molecule has 2 aromatic rings. The molecule has 1 unspecified atom stereocenters.